The van der Waals surface area contributed by atoms with Crippen LogP contribution in [0.5, 0.6) is 0 Å². The van der Waals surface area contributed by atoms with Crippen LogP contribution in [-0.2, 0) is 6.54 Å². The average Bonchev–Trinajstić information content (AvgIpc) is 2.67. The zero-order valence-corrected chi connectivity index (χ0v) is 11.2. The van der Waals surface area contributed by atoms with Gasteiger partial charge < -0.3 is 10.2 Å². The molecule has 0 amide bonds. The van der Waals surface area contributed by atoms with Gasteiger partial charge in [-0.15, -0.1) is 0 Å². The van der Waals surface area contributed by atoms with E-state index in [9.17, 15) is 0 Å². The second kappa shape index (κ2) is 5.54. The second-order valence-corrected chi connectivity index (χ2v) is 5.59. The molecule has 0 spiro atoms. The van der Waals surface area contributed by atoms with Crippen molar-refractivity contribution in [3.63, 3.8) is 0 Å². The fourth-order valence-electron chi connectivity index (χ4n) is 2.65. The van der Waals surface area contributed by atoms with Crippen LogP contribution in [0.25, 0.3) is 0 Å². The third-order valence-electron chi connectivity index (χ3n) is 3.67. The van der Waals surface area contributed by atoms with E-state index < -0.39 is 0 Å². The molecule has 1 saturated carbocycles. The molecule has 0 saturated heterocycles. The Bertz CT molecular complexity index is 342. The van der Waals surface area contributed by atoms with Crippen LogP contribution in [0.2, 0.25) is 0 Å². The summed E-state index contributed by atoms with van der Waals surface area (Å²) in [5, 5.41) is 3.66. The van der Waals surface area contributed by atoms with Crippen molar-refractivity contribution in [1.82, 2.24) is 4.90 Å². The maximum absolute atomic E-state index is 3.66. The molecule has 2 heteroatoms. The van der Waals surface area contributed by atoms with Crippen molar-refractivity contribution in [2.45, 2.75) is 38.8 Å². The maximum atomic E-state index is 3.66. The number of hydrogen-bond donors (Lipinski definition) is 1. The van der Waals surface area contributed by atoms with Crippen LogP contribution in [0, 0.1) is 5.92 Å². The molecule has 0 aliphatic heterocycles. The van der Waals surface area contributed by atoms with Crippen LogP contribution in [0.3, 0.4) is 0 Å². The van der Waals surface area contributed by atoms with Gasteiger partial charge in [-0.1, -0.05) is 25.5 Å². The van der Waals surface area contributed by atoms with E-state index in [-0.39, 0.29) is 0 Å². The minimum Gasteiger partial charge on any atom is -0.382 e. The maximum Gasteiger partial charge on any atom is 0.0342 e. The first-order valence-electron chi connectivity index (χ1n) is 6.65. The molecule has 1 aliphatic carbocycles. The predicted molar refractivity (Wildman–Crippen MR) is 74.3 cm³/mol. The van der Waals surface area contributed by atoms with Gasteiger partial charge in [0.25, 0.3) is 0 Å². The lowest BCUT2D eigenvalue weighted by atomic mass is 10.1. The predicted octanol–water partition coefficient (Wildman–Crippen LogP) is 3.35. The lowest BCUT2D eigenvalue weighted by Crippen LogP contribution is -2.21. The van der Waals surface area contributed by atoms with E-state index in [4.69, 9.17) is 0 Å². The molecule has 0 bridgehead atoms. The Labute approximate surface area is 105 Å². The molecule has 1 fully saturated rings. The second-order valence-electron chi connectivity index (χ2n) is 5.59. The number of nitrogens with zero attached hydrogens (tertiary/aromatic N) is 1. The summed E-state index contributed by atoms with van der Waals surface area (Å²) in [6, 6.07) is 9.55. The van der Waals surface area contributed by atoms with Crippen LogP contribution in [0.15, 0.2) is 24.3 Å². The molecule has 1 aromatic carbocycles. The van der Waals surface area contributed by atoms with Crippen molar-refractivity contribution in [2.75, 3.05) is 19.4 Å². The van der Waals surface area contributed by atoms with E-state index in [2.05, 4.69) is 55.5 Å². The number of anilines is 1. The summed E-state index contributed by atoms with van der Waals surface area (Å²) < 4.78 is 0. The fourth-order valence-corrected chi connectivity index (χ4v) is 2.65. The highest BCUT2D eigenvalue weighted by Crippen LogP contribution is 2.27. The zero-order chi connectivity index (χ0) is 12.3. The van der Waals surface area contributed by atoms with Crippen LogP contribution >= 0.6 is 0 Å². The minimum absolute atomic E-state index is 0.676. The Morgan fingerprint density at radius 2 is 1.88 bits per heavy atom. The Kier molecular flexibility index (Phi) is 4.06. The summed E-state index contributed by atoms with van der Waals surface area (Å²) in [6.07, 6.45) is 4.06. The topological polar surface area (TPSA) is 15.3 Å². The molecule has 2 unspecified atom stereocenters. The van der Waals surface area contributed by atoms with Gasteiger partial charge in [0.15, 0.2) is 0 Å². The highest BCUT2D eigenvalue weighted by molar-refractivity contribution is 5.45. The number of hydrogen-bond acceptors (Lipinski definition) is 2. The summed E-state index contributed by atoms with van der Waals surface area (Å²) in [6.45, 7) is 3.37. The van der Waals surface area contributed by atoms with Crippen LogP contribution in [0.1, 0.15) is 31.7 Å². The standard InChI is InChI=1S/C15H24N2/c1-12-5-4-6-15(12)16-14-9-7-13(8-10-14)11-17(2)3/h7-10,12,15-16H,4-6,11H2,1-3H3. The van der Waals surface area contributed by atoms with Crippen LogP contribution < -0.4 is 5.32 Å². The molecule has 1 aliphatic rings. The lowest BCUT2D eigenvalue weighted by molar-refractivity contribution is 0.402. The summed E-state index contributed by atoms with van der Waals surface area (Å²) in [5.74, 6) is 0.816. The van der Waals surface area contributed by atoms with Gasteiger partial charge in [-0.25, -0.2) is 0 Å². The first-order chi connectivity index (χ1) is 8.15. The van der Waals surface area contributed by atoms with Crippen molar-refractivity contribution in [3.05, 3.63) is 29.8 Å². The quantitative estimate of drug-likeness (QED) is 0.856. The third-order valence-corrected chi connectivity index (χ3v) is 3.67. The van der Waals surface area contributed by atoms with Gasteiger partial charge in [0.05, 0.1) is 0 Å². The molecule has 2 nitrogen and oxygen atoms in total. The minimum atomic E-state index is 0.676. The van der Waals surface area contributed by atoms with Gasteiger partial charge in [-0.05, 0) is 50.6 Å². The summed E-state index contributed by atoms with van der Waals surface area (Å²) in [5.41, 5.74) is 2.64. The van der Waals surface area contributed by atoms with Crippen molar-refractivity contribution in [3.8, 4) is 0 Å². The molecule has 1 aromatic rings. The summed E-state index contributed by atoms with van der Waals surface area (Å²) in [4.78, 5) is 2.20. The molecule has 2 atom stereocenters. The molecule has 0 heterocycles. The van der Waals surface area contributed by atoms with Gasteiger partial charge in [0, 0.05) is 18.3 Å². The van der Waals surface area contributed by atoms with Gasteiger partial charge in [0.1, 0.15) is 0 Å². The molecular formula is C15H24N2. The fraction of sp³-hybridized carbons (Fsp3) is 0.600. The Balaban J connectivity index is 1.93. The smallest absolute Gasteiger partial charge is 0.0342 e. The molecule has 1 N–H and O–H groups in total. The van der Waals surface area contributed by atoms with E-state index in [1.165, 1.54) is 30.5 Å². The third kappa shape index (κ3) is 3.47. The lowest BCUT2D eigenvalue weighted by Gasteiger charge is -2.19. The zero-order valence-electron chi connectivity index (χ0n) is 11.2. The Morgan fingerprint density at radius 1 is 1.18 bits per heavy atom. The van der Waals surface area contributed by atoms with E-state index in [1.807, 2.05) is 0 Å². The Hall–Kier alpha value is -1.02. The highest BCUT2D eigenvalue weighted by Gasteiger charge is 2.22. The molecule has 94 valence electrons. The summed E-state index contributed by atoms with van der Waals surface area (Å²) in [7, 11) is 4.21. The van der Waals surface area contributed by atoms with Crippen molar-refractivity contribution in [1.29, 1.82) is 0 Å². The van der Waals surface area contributed by atoms with Gasteiger partial charge in [-0.3, -0.25) is 0 Å². The number of nitrogens with one attached hydrogen (secondary N) is 1. The SMILES string of the molecule is CC1CCCC1Nc1ccc(CN(C)C)cc1. The van der Waals surface area contributed by atoms with Crippen molar-refractivity contribution < 1.29 is 0 Å². The van der Waals surface area contributed by atoms with Gasteiger partial charge in [0.2, 0.25) is 0 Å². The molecule has 2 rings (SSSR count). The van der Waals surface area contributed by atoms with Crippen molar-refractivity contribution >= 4 is 5.69 Å². The van der Waals surface area contributed by atoms with Crippen molar-refractivity contribution in [2.24, 2.45) is 5.92 Å². The van der Waals surface area contributed by atoms with Crippen LogP contribution in [0.4, 0.5) is 5.69 Å². The van der Waals surface area contributed by atoms with Gasteiger partial charge >= 0.3 is 0 Å². The normalized spacial score (nSPS) is 24.2. The first kappa shape index (κ1) is 12.4. The van der Waals surface area contributed by atoms with Gasteiger partial charge in [-0.2, -0.15) is 0 Å². The molecular weight excluding hydrogens is 208 g/mol. The largest absolute Gasteiger partial charge is 0.382 e. The number of benzene rings is 1. The molecule has 0 radical (unpaired) electrons. The van der Waals surface area contributed by atoms with E-state index >= 15 is 0 Å². The number of rotatable bonds is 4. The van der Waals surface area contributed by atoms with E-state index in [0.717, 1.165) is 12.5 Å². The van der Waals surface area contributed by atoms with Crippen LogP contribution in [-0.4, -0.2) is 25.0 Å². The molecule has 0 aromatic heterocycles. The Morgan fingerprint density at radius 3 is 2.41 bits per heavy atom. The monoisotopic (exact) mass is 232 g/mol. The molecule has 17 heavy (non-hydrogen) atoms. The summed E-state index contributed by atoms with van der Waals surface area (Å²) >= 11 is 0. The van der Waals surface area contributed by atoms with E-state index in [0.29, 0.717) is 6.04 Å². The highest BCUT2D eigenvalue weighted by atomic mass is 15.0. The van der Waals surface area contributed by atoms with E-state index in [1.54, 1.807) is 0 Å². The first-order valence-corrected chi connectivity index (χ1v) is 6.65. The average molecular weight is 232 g/mol.